The van der Waals surface area contributed by atoms with Gasteiger partial charge in [-0.05, 0) is 36.8 Å². The van der Waals surface area contributed by atoms with Crippen LogP contribution in [-0.4, -0.2) is 29.3 Å². The molecule has 5 heteroatoms. The Bertz CT molecular complexity index is 486. The number of nitrogens with one attached hydrogen (secondary N) is 1. The van der Waals surface area contributed by atoms with Gasteiger partial charge in [0.25, 0.3) is 5.91 Å². The van der Waals surface area contributed by atoms with Gasteiger partial charge in [-0.1, -0.05) is 19.9 Å². The Morgan fingerprint density at radius 2 is 1.95 bits per heavy atom. The van der Waals surface area contributed by atoms with Crippen molar-refractivity contribution < 1.29 is 14.7 Å². The SMILES string of the molecule is CSc1ccc(C)c(C(=O)N[C@H](C(=O)O)C(C)C)c1. The van der Waals surface area contributed by atoms with Crippen LogP contribution in [0.25, 0.3) is 0 Å². The molecule has 19 heavy (non-hydrogen) atoms. The van der Waals surface area contributed by atoms with E-state index in [1.165, 1.54) is 0 Å². The number of thioether (sulfide) groups is 1. The van der Waals surface area contributed by atoms with Crippen LogP contribution in [-0.2, 0) is 4.79 Å². The highest BCUT2D eigenvalue weighted by atomic mass is 32.2. The van der Waals surface area contributed by atoms with Crippen LogP contribution >= 0.6 is 11.8 Å². The fraction of sp³-hybridized carbons (Fsp3) is 0.429. The predicted octanol–water partition coefficient (Wildman–Crippen LogP) is 2.56. The molecule has 104 valence electrons. The predicted molar refractivity (Wildman–Crippen MR) is 76.7 cm³/mol. The van der Waals surface area contributed by atoms with Gasteiger partial charge in [0.05, 0.1) is 0 Å². The van der Waals surface area contributed by atoms with Crippen LogP contribution in [0, 0.1) is 12.8 Å². The fourth-order valence-corrected chi connectivity index (χ4v) is 2.15. The van der Waals surface area contributed by atoms with Gasteiger partial charge < -0.3 is 10.4 Å². The van der Waals surface area contributed by atoms with Gasteiger partial charge in [0, 0.05) is 10.5 Å². The van der Waals surface area contributed by atoms with Gasteiger partial charge in [-0.25, -0.2) is 4.79 Å². The van der Waals surface area contributed by atoms with Crippen molar-refractivity contribution in [3.8, 4) is 0 Å². The Labute approximate surface area is 117 Å². The smallest absolute Gasteiger partial charge is 0.326 e. The minimum atomic E-state index is -1.01. The van der Waals surface area contributed by atoms with E-state index < -0.39 is 12.0 Å². The van der Waals surface area contributed by atoms with Crippen LogP contribution in [0.4, 0.5) is 0 Å². The van der Waals surface area contributed by atoms with Gasteiger partial charge >= 0.3 is 5.97 Å². The van der Waals surface area contributed by atoms with Crippen molar-refractivity contribution in [1.29, 1.82) is 0 Å². The number of benzene rings is 1. The van der Waals surface area contributed by atoms with Crippen molar-refractivity contribution in [3.05, 3.63) is 29.3 Å². The summed E-state index contributed by atoms with van der Waals surface area (Å²) in [6.07, 6.45) is 1.93. The third-order valence-electron chi connectivity index (χ3n) is 2.91. The molecule has 0 radical (unpaired) electrons. The van der Waals surface area contributed by atoms with Crippen LogP contribution in [0.2, 0.25) is 0 Å². The summed E-state index contributed by atoms with van der Waals surface area (Å²) in [7, 11) is 0. The summed E-state index contributed by atoms with van der Waals surface area (Å²) in [5, 5.41) is 11.7. The molecular weight excluding hydrogens is 262 g/mol. The van der Waals surface area contributed by atoms with E-state index in [0.29, 0.717) is 5.56 Å². The molecule has 1 aromatic carbocycles. The molecule has 0 saturated carbocycles. The number of hydrogen-bond donors (Lipinski definition) is 2. The maximum atomic E-state index is 12.2. The summed E-state index contributed by atoms with van der Waals surface area (Å²) in [6, 6.07) is 4.72. The molecule has 0 saturated heterocycles. The first-order valence-electron chi connectivity index (χ1n) is 6.05. The molecule has 0 spiro atoms. The Morgan fingerprint density at radius 3 is 2.42 bits per heavy atom. The molecule has 1 aromatic rings. The first-order valence-corrected chi connectivity index (χ1v) is 7.27. The Morgan fingerprint density at radius 1 is 1.32 bits per heavy atom. The summed E-state index contributed by atoms with van der Waals surface area (Å²) in [4.78, 5) is 24.2. The lowest BCUT2D eigenvalue weighted by Gasteiger charge is -2.18. The van der Waals surface area contributed by atoms with Crippen molar-refractivity contribution in [3.63, 3.8) is 0 Å². The molecule has 0 bridgehead atoms. The van der Waals surface area contributed by atoms with Gasteiger partial charge in [0.15, 0.2) is 0 Å². The minimum absolute atomic E-state index is 0.162. The summed E-state index contributed by atoms with van der Waals surface area (Å²) in [5.74, 6) is -1.51. The topological polar surface area (TPSA) is 66.4 Å². The number of rotatable bonds is 5. The molecular formula is C14H19NO3S. The normalized spacial score (nSPS) is 12.3. The highest BCUT2D eigenvalue weighted by molar-refractivity contribution is 7.98. The summed E-state index contributed by atoms with van der Waals surface area (Å²) in [5.41, 5.74) is 1.36. The first-order chi connectivity index (χ1) is 8.86. The zero-order valence-corrected chi connectivity index (χ0v) is 12.4. The van der Waals surface area contributed by atoms with Crippen LogP contribution < -0.4 is 5.32 Å². The number of aryl methyl sites for hydroxylation is 1. The van der Waals surface area contributed by atoms with Crippen LogP contribution in [0.5, 0.6) is 0 Å². The van der Waals surface area contributed by atoms with E-state index in [1.807, 2.05) is 25.3 Å². The molecule has 0 unspecified atom stereocenters. The molecule has 0 fully saturated rings. The van der Waals surface area contributed by atoms with E-state index >= 15 is 0 Å². The number of carboxylic acid groups (broad SMARTS) is 1. The third kappa shape index (κ3) is 3.99. The quantitative estimate of drug-likeness (QED) is 0.814. The maximum Gasteiger partial charge on any atom is 0.326 e. The van der Waals surface area contributed by atoms with Gasteiger partial charge in [-0.2, -0.15) is 0 Å². The third-order valence-corrected chi connectivity index (χ3v) is 3.63. The standard InChI is InChI=1S/C14H19NO3S/c1-8(2)12(14(17)18)15-13(16)11-7-10(19-4)6-5-9(11)3/h5-8,12H,1-4H3,(H,15,16)(H,17,18)/t12-/m0/s1. The molecule has 4 nitrogen and oxygen atoms in total. The lowest BCUT2D eigenvalue weighted by atomic mass is 10.0. The lowest BCUT2D eigenvalue weighted by Crippen LogP contribution is -2.44. The zero-order valence-electron chi connectivity index (χ0n) is 11.6. The van der Waals surface area contributed by atoms with Crippen molar-refractivity contribution in [2.75, 3.05) is 6.26 Å². The van der Waals surface area contributed by atoms with E-state index in [-0.39, 0.29) is 11.8 Å². The molecule has 1 atom stereocenters. The Kier molecular flexibility index (Phi) is 5.42. The highest BCUT2D eigenvalue weighted by Gasteiger charge is 2.24. The van der Waals surface area contributed by atoms with E-state index in [9.17, 15) is 9.59 Å². The summed E-state index contributed by atoms with van der Waals surface area (Å²) in [6.45, 7) is 5.37. The summed E-state index contributed by atoms with van der Waals surface area (Å²) < 4.78 is 0. The van der Waals surface area contributed by atoms with Crippen molar-refractivity contribution in [2.45, 2.75) is 31.7 Å². The molecule has 1 amide bonds. The van der Waals surface area contributed by atoms with Gasteiger partial charge in [-0.15, -0.1) is 11.8 Å². The van der Waals surface area contributed by atoms with Crippen molar-refractivity contribution in [2.24, 2.45) is 5.92 Å². The average molecular weight is 281 g/mol. The Hall–Kier alpha value is -1.49. The van der Waals surface area contributed by atoms with Crippen molar-refractivity contribution in [1.82, 2.24) is 5.32 Å². The average Bonchev–Trinajstić information content (AvgIpc) is 2.35. The molecule has 0 aliphatic rings. The minimum Gasteiger partial charge on any atom is -0.480 e. The Balaban J connectivity index is 2.97. The number of carbonyl (C=O) groups is 2. The second kappa shape index (κ2) is 6.61. The van der Waals surface area contributed by atoms with Gasteiger partial charge in [-0.3, -0.25) is 4.79 Å². The molecule has 1 rings (SSSR count). The monoisotopic (exact) mass is 281 g/mol. The number of hydrogen-bond acceptors (Lipinski definition) is 3. The second-order valence-electron chi connectivity index (χ2n) is 4.71. The van der Waals surface area contributed by atoms with E-state index in [0.717, 1.165) is 10.5 Å². The number of carbonyl (C=O) groups excluding carboxylic acids is 1. The molecule has 0 aliphatic carbocycles. The van der Waals surface area contributed by atoms with Crippen LogP contribution in [0.1, 0.15) is 29.8 Å². The van der Waals surface area contributed by atoms with Crippen LogP contribution in [0.3, 0.4) is 0 Å². The molecule has 0 aromatic heterocycles. The van der Waals surface area contributed by atoms with Crippen LogP contribution in [0.15, 0.2) is 23.1 Å². The summed E-state index contributed by atoms with van der Waals surface area (Å²) >= 11 is 1.54. The molecule has 0 aliphatic heterocycles. The lowest BCUT2D eigenvalue weighted by molar-refractivity contribution is -0.140. The fourth-order valence-electron chi connectivity index (χ4n) is 1.71. The largest absolute Gasteiger partial charge is 0.480 e. The number of amides is 1. The zero-order chi connectivity index (χ0) is 14.6. The maximum absolute atomic E-state index is 12.2. The molecule has 0 heterocycles. The highest BCUT2D eigenvalue weighted by Crippen LogP contribution is 2.19. The number of aliphatic carboxylic acids is 1. The van der Waals surface area contributed by atoms with E-state index in [2.05, 4.69) is 5.32 Å². The number of carboxylic acids is 1. The van der Waals surface area contributed by atoms with Gasteiger partial charge in [0.1, 0.15) is 6.04 Å². The van der Waals surface area contributed by atoms with Gasteiger partial charge in [0.2, 0.25) is 0 Å². The van der Waals surface area contributed by atoms with E-state index in [1.54, 1.807) is 31.7 Å². The van der Waals surface area contributed by atoms with Crippen molar-refractivity contribution >= 4 is 23.6 Å². The molecule has 2 N–H and O–H groups in total. The second-order valence-corrected chi connectivity index (χ2v) is 5.59. The first kappa shape index (κ1) is 15.6. The van der Waals surface area contributed by atoms with E-state index in [4.69, 9.17) is 5.11 Å².